The van der Waals surface area contributed by atoms with E-state index in [-0.39, 0.29) is 6.04 Å². The van der Waals surface area contributed by atoms with Crippen LogP contribution in [-0.4, -0.2) is 14.5 Å². The molecule has 4 nitrogen and oxygen atoms in total. The fourth-order valence-corrected chi connectivity index (χ4v) is 1.75. The normalized spacial score (nSPS) is 12.7. The fraction of sp³-hybridized carbons (Fsp3) is 0.333. The van der Waals surface area contributed by atoms with Crippen LogP contribution < -0.4 is 5.73 Å². The van der Waals surface area contributed by atoms with Gasteiger partial charge >= 0.3 is 0 Å². The van der Waals surface area contributed by atoms with Gasteiger partial charge in [0.05, 0.1) is 0 Å². The average molecular weight is 216 g/mol. The van der Waals surface area contributed by atoms with Gasteiger partial charge in [0.25, 0.3) is 0 Å². The summed E-state index contributed by atoms with van der Waals surface area (Å²) in [6, 6.07) is 3.88. The molecule has 2 rings (SSSR count). The molecule has 0 aliphatic rings. The standard InChI is InChI=1S/C12H16N4/c1-3-11-14-7-8-16(11)12-10(9(2)13)5-4-6-15-12/h4-9H,3,13H2,1-2H3. The van der Waals surface area contributed by atoms with Crippen molar-refractivity contribution >= 4 is 0 Å². The quantitative estimate of drug-likeness (QED) is 0.851. The van der Waals surface area contributed by atoms with Gasteiger partial charge in [0, 0.05) is 36.6 Å². The highest BCUT2D eigenvalue weighted by Gasteiger charge is 2.11. The molecule has 1 unspecified atom stereocenters. The van der Waals surface area contributed by atoms with Crippen molar-refractivity contribution in [1.29, 1.82) is 0 Å². The number of nitrogens with zero attached hydrogens (tertiary/aromatic N) is 3. The predicted molar refractivity (Wildman–Crippen MR) is 63.3 cm³/mol. The number of aromatic nitrogens is 3. The molecule has 0 saturated carbocycles. The van der Waals surface area contributed by atoms with Crippen LogP contribution in [0.4, 0.5) is 0 Å². The summed E-state index contributed by atoms with van der Waals surface area (Å²) in [7, 11) is 0. The van der Waals surface area contributed by atoms with Crippen LogP contribution in [0.2, 0.25) is 0 Å². The van der Waals surface area contributed by atoms with E-state index >= 15 is 0 Å². The monoisotopic (exact) mass is 216 g/mol. The number of hydrogen-bond donors (Lipinski definition) is 1. The van der Waals surface area contributed by atoms with Crippen molar-refractivity contribution in [3.8, 4) is 5.82 Å². The number of aryl methyl sites for hydroxylation is 1. The van der Waals surface area contributed by atoms with E-state index < -0.39 is 0 Å². The Morgan fingerprint density at radius 2 is 2.19 bits per heavy atom. The SMILES string of the molecule is CCc1nccn1-c1ncccc1C(C)N. The van der Waals surface area contributed by atoms with E-state index in [1.165, 1.54) is 0 Å². The van der Waals surface area contributed by atoms with Crippen LogP contribution in [0.1, 0.15) is 31.3 Å². The van der Waals surface area contributed by atoms with Gasteiger partial charge in [-0.15, -0.1) is 0 Å². The van der Waals surface area contributed by atoms with Crippen LogP contribution in [0.25, 0.3) is 5.82 Å². The Kier molecular flexibility index (Phi) is 3.01. The van der Waals surface area contributed by atoms with Crippen LogP contribution >= 0.6 is 0 Å². The zero-order valence-electron chi connectivity index (χ0n) is 9.59. The molecular formula is C12H16N4. The van der Waals surface area contributed by atoms with E-state index in [9.17, 15) is 0 Å². The summed E-state index contributed by atoms with van der Waals surface area (Å²) in [6.07, 6.45) is 6.37. The van der Waals surface area contributed by atoms with Gasteiger partial charge in [0.2, 0.25) is 0 Å². The maximum absolute atomic E-state index is 5.94. The Hall–Kier alpha value is -1.68. The van der Waals surface area contributed by atoms with E-state index in [4.69, 9.17) is 5.73 Å². The molecule has 2 aromatic rings. The molecule has 0 saturated heterocycles. The van der Waals surface area contributed by atoms with E-state index in [2.05, 4.69) is 16.9 Å². The van der Waals surface area contributed by atoms with Crippen molar-refractivity contribution in [2.45, 2.75) is 26.3 Å². The summed E-state index contributed by atoms with van der Waals surface area (Å²) in [4.78, 5) is 8.69. The second-order valence-electron chi connectivity index (χ2n) is 3.77. The minimum atomic E-state index is -0.0317. The van der Waals surface area contributed by atoms with Gasteiger partial charge in [0.1, 0.15) is 11.6 Å². The summed E-state index contributed by atoms with van der Waals surface area (Å²) in [5.74, 6) is 1.88. The summed E-state index contributed by atoms with van der Waals surface area (Å²) in [5, 5.41) is 0. The highest BCUT2D eigenvalue weighted by atomic mass is 15.1. The van der Waals surface area contributed by atoms with Crippen molar-refractivity contribution in [3.63, 3.8) is 0 Å². The molecule has 0 fully saturated rings. The van der Waals surface area contributed by atoms with E-state index in [0.29, 0.717) is 0 Å². The molecular weight excluding hydrogens is 200 g/mol. The average Bonchev–Trinajstić information content (AvgIpc) is 2.76. The van der Waals surface area contributed by atoms with Crippen LogP contribution in [0.5, 0.6) is 0 Å². The third kappa shape index (κ3) is 1.84. The second kappa shape index (κ2) is 4.45. The van der Waals surface area contributed by atoms with Crippen LogP contribution in [0.15, 0.2) is 30.7 Å². The van der Waals surface area contributed by atoms with Crippen LogP contribution in [-0.2, 0) is 6.42 Å². The fourth-order valence-electron chi connectivity index (χ4n) is 1.75. The maximum Gasteiger partial charge on any atom is 0.142 e. The zero-order valence-corrected chi connectivity index (χ0v) is 9.59. The molecule has 4 heteroatoms. The lowest BCUT2D eigenvalue weighted by molar-refractivity contribution is 0.776. The first-order chi connectivity index (χ1) is 7.74. The summed E-state index contributed by atoms with van der Waals surface area (Å²) in [6.45, 7) is 4.04. The van der Waals surface area contributed by atoms with Crippen LogP contribution in [0.3, 0.4) is 0 Å². The molecule has 0 radical (unpaired) electrons. The second-order valence-corrected chi connectivity index (χ2v) is 3.77. The predicted octanol–water partition coefficient (Wildman–Crippen LogP) is 1.85. The molecule has 0 amide bonds. The Bertz CT molecular complexity index is 473. The first-order valence-corrected chi connectivity index (χ1v) is 5.47. The number of imidazole rings is 1. The zero-order chi connectivity index (χ0) is 11.5. The molecule has 1 atom stereocenters. The molecule has 0 aliphatic carbocycles. The van der Waals surface area contributed by atoms with Crippen molar-refractivity contribution in [2.24, 2.45) is 5.73 Å². The lowest BCUT2D eigenvalue weighted by Gasteiger charge is -2.13. The van der Waals surface area contributed by atoms with Gasteiger partial charge in [0.15, 0.2) is 0 Å². The van der Waals surface area contributed by atoms with Gasteiger partial charge in [-0.25, -0.2) is 9.97 Å². The van der Waals surface area contributed by atoms with Crippen LogP contribution in [0, 0.1) is 0 Å². The van der Waals surface area contributed by atoms with Crippen molar-refractivity contribution in [2.75, 3.05) is 0 Å². The number of pyridine rings is 1. The molecule has 2 aromatic heterocycles. The lowest BCUT2D eigenvalue weighted by atomic mass is 10.1. The van der Waals surface area contributed by atoms with E-state index in [1.54, 1.807) is 12.4 Å². The van der Waals surface area contributed by atoms with Gasteiger partial charge in [-0.2, -0.15) is 0 Å². The molecule has 0 bridgehead atoms. The maximum atomic E-state index is 5.94. The Morgan fingerprint density at radius 1 is 1.38 bits per heavy atom. The topological polar surface area (TPSA) is 56.7 Å². The molecule has 0 aliphatic heterocycles. The number of rotatable bonds is 3. The van der Waals surface area contributed by atoms with Crippen molar-refractivity contribution < 1.29 is 0 Å². The largest absolute Gasteiger partial charge is 0.324 e. The Balaban J connectivity index is 2.55. The van der Waals surface area contributed by atoms with Crippen molar-refractivity contribution in [3.05, 3.63) is 42.1 Å². The van der Waals surface area contributed by atoms with Gasteiger partial charge in [-0.1, -0.05) is 13.0 Å². The minimum absolute atomic E-state index is 0.0317. The minimum Gasteiger partial charge on any atom is -0.324 e. The molecule has 0 aromatic carbocycles. The van der Waals surface area contributed by atoms with E-state index in [0.717, 1.165) is 23.6 Å². The Labute approximate surface area is 95.1 Å². The molecule has 2 heterocycles. The molecule has 84 valence electrons. The van der Waals surface area contributed by atoms with Gasteiger partial charge < -0.3 is 5.73 Å². The summed E-state index contributed by atoms with van der Waals surface area (Å²) < 4.78 is 2.00. The third-order valence-electron chi connectivity index (χ3n) is 2.57. The summed E-state index contributed by atoms with van der Waals surface area (Å²) >= 11 is 0. The van der Waals surface area contributed by atoms with Crippen molar-refractivity contribution in [1.82, 2.24) is 14.5 Å². The van der Waals surface area contributed by atoms with Gasteiger partial charge in [-0.3, -0.25) is 4.57 Å². The number of hydrogen-bond acceptors (Lipinski definition) is 3. The molecule has 2 N–H and O–H groups in total. The molecule has 0 spiro atoms. The highest BCUT2D eigenvalue weighted by Crippen LogP contribution is 2.18. The lowest BCUT2D eigenvalue weighted by Crippen LogP contribution is -2.12. The smallest absolute Gasteiger partial charge is 0.142 e. The highest BCUT2D eigenvalue weighted by molar-refractivity contribution is 5.36. The Morgan fingerprint density at radius 3 is 2.88 bits per heavy atom. The first-order valence-electron chi connectivity index (χ1n) is 5.47. The first kappa shape index (κ1) is 10.8. The third-order valence-corrected chi connectivity index (χ3v) is 2.57. The number of nitrogens with two attached hydrogens (primary N) is 1. The van der Waals surface area contributed by atoms with E-state index in [1.807, 2.05) is 29.8 Å². The van der Waals surface area contributed by atoms with Gasteiger partial charge in [-0.05, 0) is 13.0 Å². The summed E-state index contributed by atoms with van der Waals surface area (Å²) in [5.41, 5.74) is 6.98. The molecule has 16 heavy (non-hydrogen) atoms.